The van der Waals surface area contributed by atoms with E-state index >= 15 is 0 Å². The second-order valence-electron chi connectivity index (χ2n) is 6.87. The molecule has 3 rings (SSSR count). The molecule has 1 aliphatic heterocycles. The number of morpholine rings is 1. The molecular formula is C19H29ClN2O3. The molecule has 1 aromatic rings. The Balaban J connectivity index is 0.00000225. The molecule has 0 bridgehead atoms. The highest BCUT2D eigenvalue weighted by Crippen LogP contribution is 2.27. The zero-order valence-electron chi connectivity index (χ0n) is 14.9. The van der Waals surface area contributed by atoms with Crippen LogP contribution in [0.25, 0.3) is 0 Å². The van der Waals surface area contributed by atoms with E-state index in [4.69, 9.17) is 9.47 Å². The molecule has 1 aliphatic carbocycles. The predicted molar refractivity (Wildman–Crippen MR) is 102 cm³/mol. The van der Waals surface area contributed by atoms with Crippen molar-refractivity contribution in [3.63, 3.8) is 0 Å². The summed E-state index contributed by atoms with van der Waals surface area (Å²) in [5.41, 5.74) is 1.87. The maximum atomic E-state index is 12.3. The Morgan fingerprint density at radius 3 is 2.84 bits per heavy atom. The lowest BCUT2D eigenvalue weighted by molar-refractivity contribution is -0.120. The van der Waals surface area contributed by atoms with Gasteiger partial charge in [0, 0.05) is 18.3 Å². The van der Waals surface area contributed by atoms with Crippen molar-refractivity contribution in [2.24, 2.45) is 5.92 Å². The van der Waals surface area contributed by atoms with E-state index in [1.807, 2.05) is 25.1 Å². The van der Waals surface area contributed by atoms with Gasteiger partial charge in [-0.15, -0.1) is 12.4 Å². The van der Waals surface area contributed by atoms with Crippen LogP contribution in [-0.4, -0.2) is 38.3 Å². The first-order valence-electron chi connectivity index (χ1n) is 9.08. The minimum Gasteiger partial charge on any atom is -0.493 e. The van der Waals surface area contributed by atoms with Gasteiger partial charge in [0.15, 0.2) is 0 Å². The standard InChI is InChI=1S/C19H28N2O3.ClH/c1-14-7-8-16(21-19(22)17-13-23-10-9-20-17)11-18(14)24-12-15-5-3-2-4-6-15;/h7-8,11,15,17,20H,2-6,9-10,12-13H2,1H3,(H,21,22);1H. The van der Waals surface area contributed by atoms with Crippen molar-refractivity contribution in [3.8, 4) is 5.75 Å². The average molecular weight is 369 g/mol. The summed E-state index contributed by atoms with van der Waals surface area (Å²) in [5, 5.41) is 6.12. The SMILES string of the molecule is Cc1ccc(NC(=O)C2COCCN2)cc1OCC1CCCCC1.Cl. The first-order valence-corrected chi connectivity index (χ1v) is 9.08. The van der Waals surface area contributed by atoms with Crippen LogP contribution in [0.2, 0.25) is 0 Å². The second kappa shape index (κ2) is 10.00. The van der Waals surface area contributed by atoms with Crippen LogP contribution in [-0.2, 0) is 9.53 Å². The quantitative estimate of drug-likeness (QED) is 0.837. The van der Waals surface area contributed by atoms with Gasteiger partial charge < -0.3 is 20.1 Å². The summed E-state index contributed by atoms with van der Waals surface area (Å²) in [6.07, 6.45) is 6.53. The van der Waals surface area contributed by atoms with E-state index in [9.17, 15) is 4.79 Å². The molecule has 0 spiro atoms. The summed E-state index contributed by atoms with van der Waals surface area (Å²) >= 11 is 0. The maximum Gasteiger partial charge on any atom is 0.243 e. The summed E-state index contributed by atoms with van der Waals surface area (Å²) in [5.74, 6) is 1.47. The number of hydrogen-bond donors (Lipinski definition) is 2. The topological polar surface area (TPSA) is 59.6 Å². The lowest BCUT2D eigenvalue weighted by Crippen LogP contribution is -2.48. The second-order valence-corrected chi connectivity index (χ2v) is 6.87. The number of anilines is 1. The highest BCUT2D eigenvalue weighted by Gasteiger charge is 2.21. The number of hydrogen-bond acceptors (Lipinski definition) is 4. The Bertz CT molecular complexity index is 556. The molecule has 1 aromatic carbocycles. The van der Waals surface area contributed by atoms with E-state index in [2.05, 4.69) is 10.6 Å². The van der Waals surface area contributed by atoms with Crippen LogP contribution in [0.4, 0.5) is 5.69 Å². The van der Waals surface area contributed by atoms with Gasteiger partial charge in [0.05, 0.1) is 19.8 Å². The third-order valence-corrected chi connectivity index (χ3v) is 4.89. The predicted octanol–water partition coefficient (Wildman–Crippen LogP) is 3.30. The van der Waals surface area contributed by atoms with Crippen molar-refractivity contribution in [1.82, 2.24) is 5.32 Å². The molecule has 0 aromatic heterocycles. The van der Waals surface area contributed by atoms with Gasteiger partial charge in [0.1, 0.15) is 11.8 Å². The lowest BCUT2D eigenvalue weighted by Gasteiger charge is -2.24. The molecule has 5 nitrogen and oxygen atoms in total. The van der Waals surface area contributed by atoms with Crippen LogP contribution in [0.15, 0.2) is 18.2 Å². The molecule has 2 aliphatic rings. The van der Waals surface area contributed by atoms with Crippen molar-refractivity contribution in [1.29, 1.82) is 0 Å². The zero-order chi connectivity index (χ0) is 16.8. The molecule has 6 heteroatoms. The van der Waals surface area contributed by atoms with Crippen molar-refractivity contribution in [2.75, 3.05) is 31.7 Å². The highest BCUT2D eigenvalue weighted by molar-refractivity contribution is 5.95. The van der Waals surface area contributed by atoms with Crippen LogP contribution in [0.5, 0.6) is 5.75 Å². The lowest BCUT2D eigenvalue weighted by atomic mass is 9.90. The fourth-order valence-corrected chi connectivity index (χ4v) is 3.36. The fourth-order valence-electron chi connectivity index (χ4n) is 3.36. The Hall–Kier alpha value is -1.30. The largest absolute Gasteiger partial charge is 0.493 e. The minimum absolute atomic E-state index is 0. The molecule has 1 saturated carbocycles. The number of benzene rings is 1. The first kappa shape index (κ1) is 20.0. The van der Waals surface area contributed by atoms with Gasteiger partial charge >= 0.3 is 0 Å². The molecule has 140 valence electrons. The normalized spacial score (nSPS) is 21.2. The highest BCUT2D eigenvalue weighted by atomic mass is 35.5. The van der Waals surface area contributed by atoms with Gasteiger partial charge in [-0.3, -0.25) is 4.79 Å². The van der Waals surface area contributed by atoms with Gasteiger partial charge in [-0.2, -0.15) is 0 Å². The number of aryl methyl sites for hydroxylation is 1. The fraction of sp³-hybridized carbons (Fsp3) is 0.632. The number of nitrogens with one attached hydrogen (secondary N) is 2. The monoisotopic (exact) mass is 368 g/mol. The molecule has 1 heterocycles. The molecule has 0 radical (unpaired) electrons. The van der Waals surface area contributed by atoms with Gasteiger partial charge in [-0.25, -0.2) is 0 Å². The van der Waals surface area contributed by atoms with Crippen LogP contribution >= 0.6 is 12.4 Å². The molecule has 2 fully saturated rings. The summed E-state index contributed by atoms with van der Waals surface area (Å²) in [7, 11) is 0. The molecular weight excluding hydrogens is 340 g/mol. The van der Waals surface area contributed by atoms with E-state index in [0.717, 1.165) is 23.6 Å². The molecule has 1 unspecified atom stereocenters. The molecule has 1 saturated heterocycles. The van der Waals surface area contributed by atoms with Crippen molar-refractivity contribution in [2.45, 2.75) is 45.1 Å². The Morgan fingerprint density at radius 2 is 2.12 bits per heavy atom. The Kier molecular flexibility index (Phi) is 8.00. The zero-order valence-corrected chi connectivity index (χ0v) is 15.7. The third-order valence-electron chi connectivity index (χ3n) is 4.89. The van der Waals surface area contributed by atoms with Crippen LogP contribution in [0.1, 0.15) is 37.7 Å². The van der Waals surface area contributed by atoms with Crippen molar-refractivity contribution in [3.05, 3.63) is 23.8 Å². The number of carbonyl (C=O) groups is 1. The summed E-state index contributed by atoms with van der Waals surface area (Å²) in [6, 6.07) is 5.56. The number of amides is 1. The van der Waals surface area contributed by atoms with Crippen LogP contribution in [0, 0.1) is 12.8 Å². The Morgan fingerprint density at radius 1 is 1.32 bits per heavy atom. The minimum atomic E-state index is -0.285. The molecule has 25 heavy (non-hydrogen) atoms. The molecule has 1 atom stereocenters. The van der Waals surface area contributed by atoms with E-state index in [1.54, 1.807) is 0 Å². The summed E-state index contributed by atoms with van der Waals surface area (Å²) < 4.78 is 11.4. The smallest absolute Gasteiger partial charge is 0.243 e. The molecule has 1 amide bonds. The van der Waals surface area contributed by atoms with Crippen molar-refractivity contribution >= 4 is 24.0 Å². The average Bonchev–Trinajstić information content (AvgIpc) is 2.63. The molecule has 2 N–H and O–H groups in total. The van der Waals surface area contributed by atoms with Crippen LogP contribution in [0.3, 0.4) is 0 Å². The van der Waals surface area contributed by atoms with E-state index in [1.165, 1.54) is 32.1 Å². The number of ether oxygens (including phenoxy) is 2. The maximum absolute atomic E-state index is 12.3. The van der Waals surface area contributed by atoms with Gasteiger partial charge in [-0.1, -0.05) is 25.3 Å². The summed E-state index contributed by atoms with van der Waals surface area (Å²) in [4.78, 5) is 12.3. The van der Waals surface area contributed by atoms with Gasteiger partial charge in [-0.05, 0) is 37.3 Å². The van der Waals surface area contributed by atoms with Crippen molar-refractivity contribution < 1.29 is 14.3 Å². The van der Waals surface area contributed by atoms with E-state index < -0.39 is 0 Å². The van der Waals surface area contributed by atoms with E-state index in [0.29, 0.717) is 25.7 Å². The van der Waals surface area contributed by atoms with E-state index in [-0.39, 0.29) is 24.4 Å². The first-order chi connectivity index (χ1) is 11.7. The Labute approximate surface area is 156 Å². The number of halogens is 1. The van der Waals surface area contributed by atoms with Gasteiger partial charge in [0.25, 0.3) is 0 Å². The van der Waals surface area contributed by atoms with Gasteiger partial charge in [0.2, 0.25) is 5.91 Å². The summed E-state index contributed by atoms with van der Waals surface area (Å²) in [6.45, 7) is 4.60. The van der Waals surface area contributed by atoms with Crippen LogP contribution < -0.4 is 15.4 Å². The third kappa shape index (κ3) is 5.87. The number of carbonyl (C=O) groups excluding carboxylic acids is 1. The number of rotatable bonds is 5.